The topological polar surface area (TPSA) is 107 Å². The Morgan fingerprint density at radius 3 is 2.75 bits per heavy atom. The molecule has 2 aromatic rings. The van der Waals surface area contributed by atoms with Crippen molar-refractivity contribution >= 4 is 5.97 Å². The summed E-state index contributed by atoms with van der Waals surface area (Å²) in [4.78, 5) is 15.3. The number of hydrogen-bond donors (Lipinski definition) is 1. The van der Waals surface area contributed by atoms with E-state index in [0.29, 0.717) is 36.2 Å². The highest BCUT2D eigenvalue weighted by Crippen LogP contribution is 2.13. The van der Waals surface area contributed by atoms with Gasteiger partial charge in [-0.2, -0.15) is 4.98 Å². The lowest BCUT2D eigenvalue weighted by atomic mass is 10.1. The van der Waals surface area contributed by atoms with Gasteiger partial charge in [0.15, 0.2) is 11.5 Å². The number of carboxylic acids is 1. The summed E-state index contributed by atoms with van der Waals surface area (Å²) in [5, 5.41) is 20.6. The van der Waals surface area contributed by atoms with Crippen LogP contribution in [0.25, 0.3) is 0 Å². The van der Waals surface area contributed by atoms with Crippen LogP contribution in [0.2, 0.25) is 0 Å². The zero-order valence-corrected chi connectivity index (χ0v) is 11.7. The normalized spacial score (nSPS) is 11.2. The van der Waals surface area contributed by atoms with Crippen molar-refractivity contribution in [3.63, 3.8) is 0 Å². The Balaban J connectivity index is 2.28. The van der Waals surface area contributed by atoms with Crippen LogP contribution in [0.1, 0.15) is 48.7 Å². The molecule has 0 unspecified atom stereocenters. The van der Waals surface area contributed by atoms with Gasteiger partial charge in [-0.15, -0.1) is 5.10 Å². The molecule has 0 saturated heterocycles. The molecule has 0 aromatic carbocycles. The highest BCUT2D eigenvalue weighted by Gasteiger charge is 2.20. The molecule has 0 saturated carbocycles. The third-order valence-electron chi connectivity index (χ3n) is 2.75. The molecule has 0 radical (unpaired) electrons. The summed E-state index contributed by atoms with van der Waals surface area (Å²) in [6, 6.07) is 0. The molecule has 0 aliphatic rings. The van der Waals surface area contributed by atoms with Crippen molar-refractivity contribution in [1.29, 1.82) is 0 Å². The van der Waals surface area contributed by atoms with Crippen LogP contribution in [0.15, 0.2) is 4.52 Å². The van der Waals surface area contributed by atoms with E-state index in [1.807, 2.05) is 20.8 Å². The predicted octanol–water partition coefficient (Wildman–Crippen LogP) is 1.17. The largest absolute Gasteiger partial charge is 0.476 e. The summed E-state index contributed by atoms with van der Waals surface area (Å²) in [6.07, 6.45) is 1.23. The van der Waals surface area contributed by atoms with Crippen LogP contribution in [0.4, 0.5) is 0 Å². The van der Waals surface area contributed by atoms with E-state index in [4.69, 9.17) is 9.63 Å². The molecule has 0 aliphatic carbocycles. The van der Waals surface area contributed by atoms with Gasteiger partial charge in [0.1, 0.15) is 6.54 Å². The monoisotopic (exact) mass is 279 g/mol. The summed E-state index contributed by atoms with van der Waals surface area (Å²) >= 11 is 0. The molecule has 0 bridgehead atoms. The van der Waals surface area contributed by atoms with E-state index in [0.717, 1.165) is 0 Å². The van der Waals surface area contributed by atoms with Crippen molar-refractivity contribution in [2.45, 2.75) is 40.2 Å². The Morgan fingerprint density at radius 1 is 1.45 bits per heavy atom. The molecule has 20 heavy (non-hydrogen) atoms. The Labute approximate surface area is 115 Å². The molecule has 1 N–H and O–H groups in total. The summed E-state index contributed by atoms with van der Waals surface area (Å²) in [5.74, 6) is 0.230. The number of aryl methyl sites for hydroxylation is 1. The van der Waals surface area contributed by atoms with Crippen molar-refractivity contribution in [2.75, 3.05) is 0 Å². The van der Waals surface area contributed by atoms with Gasteiger partial charge >= 0.3 is 5.97 Å². The first kappa shape index (κ1) is 14.2. The van der Waals surface area contributed by atoms with E-state index in [1.54, 1.807) is 0 Å². The van der Waals surface area contributed by atoms with Crippen molar-refractivity contribution in [1.82, 2.24) is 25.1 Å². The molecule has 0 atom stereocenters. The quantitative estimate of drug-likeness (QED) is 0.845. The third-order valence-corrected chi connectivity index (χ3v) is 2.75. The second kappa shape index (κ2) is 5.81. The second-order valence-corrected chi connectivity index (χ2v) is 4.90. The van der Waals surface area contributed by atoms with Crippen LogP contribution in [0.3, 0.4) is 0 Å². The average molecular weight is 279 g/mol. The molecule has 0 fully saturated rings. The van der Waals surface area contributed by atoms with E-state index in [9.17, 15) is 4.79 Å². The highest BCUT2D eigenvalue weighted by atomic mass is 16.5. The molecular formula is C12H17N5O3. The lowest BCUT2D eigenvalue weighted by molar-refractivity contribution is 0.0689. The zero-order valence-electron chi connectivity index (χ0n) is 11.7. The Kier molecular flexibility index (Phi) is 4.11. The maximum atomic E-state index is 11.2. The molecule has 8 heteroatoms. The minimum atomic E-state index is -1.07. The molecule has 2 heterocycles. The summed E-state index contributed by atoms with van der Waals surface area (Å²) in [6.45, 7) is 6.18. The van der Waals surface area contributed by atoms with Crippen LogP contribution in [-0.4, -0.2) is 36.2 Å². The minimum absolute atomic E-state index is 0.0158. The lowest BCUT2D eigenvalue weighted by Crippen LogP contribution is -2.12. The van der Waals surface area contributed by atoms with Crippen molar-refractivity contribution < 1.29 is 14.4 Å². The fourth-order valence-corrected chi connectivity index (χ4v) is 1.85. The minimum Gasteiger partial charge on any atom is -0.476 e. The van der Waals surface area contributed by atoms with E-state index >= 15 is 0 Å². The SMILES string of the molecule is CCc1nc(Cn2nnc(C(=O)O)c2CC(C)C)no1. The number of aromatic nitrogens is 5. The molecule has 0 aliphatic heterocycles. The molecule has 0 spiro atoms. The fraction of sp³-hybridized carbons (Fsp3) is 0.583. The number of carboxylic acid groups (broad SMARTS) is 1. The van der Waals surface area contributed by atoms with E-state index in [-0.39, 0.29) is 12.2 Å². The molecule has 0 amide bonds. The third kappa shape index (κ3) is 3.01. The predicted molar refractivity (Wildman–Crippen MR) is 68.3 cm³/mol. The van der Waals surface area contributed by atoms with Gasteiger partial charge in [-0.05, 0) is 12.3 Å². The summed E-state index contributed by atoms with van der Waals surface area (Å²) in [5.41, 5.74) is 0.563. The first-order valence-corrected chi connectivity index (χ1v) is 6.48. The van der Waals surface area contributed by atoms with Crippen LogP contribution in [-0.2, 0) is 19.4 Å². The standard InChI is InChI=1S/C12H17N5O3/c1-4-10-13-9(15-20-10)6-17-8(5-7(2)3)11(12(18)19)14-16-17/h7H,4-6H2,1-3H3,(H,18,19). The van der Waals surface area contributed by atoms with Crippen molar-refractivity contribution in [3.8, 4) is 0 Å². The van der Waals surface area contributed by atoms with Gasteiger partial charge in [0.25, 0.3) is 0 Å². The second-order valence-electron chi connectivity index (χ2n) is 4.90. The highest BCUT2D eigenvalue weighted by molar-refractivity contribution is 5.86. The molecule has 2 rings (SSSR count). The van der Waals surface area contributed by atoms with Crippen molar-refractivity contribution in [2.24, 2.45) is 5.92 Å². The van der Waals surface area contributed by atoms with Crippen LogP contribution in [0.5, 0.6) is 0 Å². The lowest BCUT2D eigenvalue weighted by Gasteiger charge is -2.07. The van der Waals surface area contributed by atoms with Gasteiger partial charge in [-0.25, -0.2) is 9.48 Å². The van der Waals surface area contributed by atoms with Gasteiger partial charge in [-0.1, -0.05) is 31.1 Å². The first-order valence-electron chi connectivity index (χ1n) is 6.48. The smallest absolute Gasteiger partial charge is 0.358 e. The van der Waals surface area contributed by atoms with E-state index in [2.05, 4.69) is 20.5 Å². The summed E-state index contributed by atoms with van der Waals surface area (Å²) < 4.78 is 6.54. The van der Waals surface area contributed by atoms with E-state index < -0.39 is 5.97 Å². The maximum Gasteiger partial charge on any atom is 0.358 e. The molecular weight excluding hydrogens is 262 g/mol. The molecule has 108 valence electrons. The van der Waals surface area contributed by atoms with Crippen LogP contribution >= 0.6 is 0 Å². The van der Waals surface area contributed by atoms with Crippen LogP contribution < -0.4 is 0 Å². The molecule has 2 aromatic heterocycles. The molecule has 8 nitrogen and oxygen atoms in total. The van der Waals surface area contributed by atoms with Crippen molar-refractivity contribution in [3.05, 3.63) is 23.1 Å². The fourth-order valence-electron chi connectivity index (χ4n) is 1.85. The Bertz CT molecular complexity index is 602. The van der Waals surface area contributed by atoms with E-state index in [1.165, 1.54) is 4.68 Å². The van der Waals surface area contributed by atoms with Gasteiger partial charge in [0.05, 0.1) is 5.69 Å². The Morgan fingerprint density at radius 2 is 2.20 bits per heavy atom. The average Bonchev–Trinajstić information content (AvgIpc) is 2.97. The van der Waals surface area contributed by atoms with Gasteiger partial charge in [0.2, 0.25) is 5.89 Å². The maximum absolute atomic E-state index is 11.2. The van der Waals surface area contributed by atoms with Gasteiger partial charge < -0.3 is 9.63 Å². The zero-order chi connectivity index (χ0) is 14.7. The Hall–Kier alpha value is -2.25. The van der Waals surface area contributed by atoms with Gasteiger partial charge in [-0.3, -0.25) is 0 Å². The number of carbonyl (C=O) groups is 1. The first-order chi connectivity index (χ1) is 9.51. The van der Waals surface area contributed by atoms with Gasteiger partial charge in [0, 0.05) is 6.42 Å². The number of aromatic carboxylic acids is 1. The summed E-state index contributed by atoms with van der Waals surface area (Å²) in [7, 11) is 0. The number of nitrogens with zero attached hydrogens (tertiary/aromatic N) is 5. The number of rotatable bonds is 6. The van der Waals surface area contributed by atoms with Crippen LogP contribution in [0, 0.1) is 5.92 Å². The number of hydrogen-bond acceptors (Lipinski definition) is 6.